The van der Waals surface area contributed by atoms with Gasteiger partial charge in [-0.25, -0.2) is 9.97 Å². The zero-order valence-electron chi connectivity index (χ0n) is 10.1. The van der Waals surface area contributed by atoms with Gasteiger partial charge in [-0.05, 0) is 36.6 Å². The second-order valence-corrected chi connectivity index (χ2v) is 5.84. The molecular formula is C13H10FN3S2. The van der Waals surface area contributed by atoms with Crippen LogP contribution in [0.3, 0.4) is 0 Å². The Hall–Kier alpha value is -1.66. The lowest BCUT2D eigenvalue weighted by atomic mass is 10.3. The molecule has 2 N–H and O–H groups in total. The minimum Gasteiger partial charge on any atom is -0.395 e. The average Bonchev–Trinajstić information content (AvgIpc) is 2.84. The van der Waals surface area contributed by atoms with Gasteiger partial charge in [-0.3, -0.25) is 0 Å². The van der Waals surface area contributed by atoms with E-state index in [4.69, 9.17) is 5.73 Å². The zero-order valence-corrected chi connectivity index (χ0v) is 11.7. The van der Waals surface area contributed by atoms with Gasteiger partial charge in [-0.1, -0.05) is 0 Å². The van der Waals surface area contributed by atoms with Gasteiger partial charge >= 0.3 is 0 Å². The van der Waals surface area contributed by atoms with Crippen LogP contribution in [0.5, 0.6) is 0 Å². The van der Waals surface area contributed by atoms with Crippen molar-refractivity contribution in [3.63, 3.8) is 0 Å². The lowest BCUT2D eigenvalue weighted by Crippen LogP contribution is -1.94. The van der Waals surface area contributed by atoms with Gasteiger partial charge in [0, 0.05) is 4.90 Å². The molecule has 0 fully saturated rings. The van der Waals surface area contributed by atoms with Crippen LogP contribution in [0.2, 0.25) is 0 Å². The van der Waals surface area contributed by atoms with Crippen molar-refractivity contribution in [2.75, 3.05) is 12.0 Å². The monoisotopic (exact) mass is 291 g/mol. The van der Waals surface area contributed by atoms with Crippen molar-refractivity contribution in [2.24, 2.45) is 0 Å². The van der Waals surface area contributed by atoms with Crippen LogP contribution in [0.4, 0.5) is 10.1 Å². The Morgan fingerprint density at radius 3 is 2.79 bits per heavy atom. The van der Waals surface area contributed by atoms with Crippen LogP contribution in [0.15, 0.2) is 35.2 Å². The summed E-state index contributed by atoms with van der Waals surface area (Å²) in [4.78, 5) is 9.48. The van der Waals surface area contributed by atoms with Crippen molar-refractivity contribution in [3.8, 4) is 10.7 Å². The highest BCUT2D eigenvalue weighted by Crippen LogP contribution is 2.31. The van der Waals surface area contributed by atoms with E-state index in [1.807, 2.05) is 18.4 Å². The molecule has 0 aliphatic carbocycles. The Balaban J connectivity index is 2.11. The molecule has 0 spiro atoms. The molecule has 96 valence electrons. The summed E-state index contributed by atoms with van der Waals surface area (Å²) in [6.07, 6.45) is 2.03. The Kier molecular flexibility index (Phi) is 3.12. The largest absolute Gasteiger partial charge is 0.395 e. The van der Waals surface area contributed by atoms with Crippen molar-refractivity contribution in [3.05, 3.63) is 36.3 Å². The number of benzene rings is 1. The Morgan fingerprint density at radius 1 is 1.21 bits per heavy atom. The van der Waals surface area contributed by atoms with Crippen LogP contribution in [-0.2, 0) is 0 Å². The lowest BCUT2D eigenvalue weighted by Gasteiger charge is -1.97. The Bertz CT molecular complexity index is 755. The minimum absolute atomic E-state index is 0.0505. The number of fused-ring (bicyclic) bond motifs is 1. The molecule has 0 bridgehead atoms. The average molecular weight is 291 g/mol. The van der Waals surface area contributed by atoms with E-state index in [2.05, 4.69) is 16.0 Å². The summed E-state index contributed by atoms with van der Waals surface area (Å²) in [5.41, 5.74) is 6.89. The number of anilines is 1. The first-order valence-corrected chi connectivity index (χ1v) is 7.58. The third-order valence-electron chi connectivity index (χ3n) is 2.69. The van der Waals surface area contributed by atoms with E-state index in [1.165, 1.54) is 22.3 Å². The molecule has 0 aliphatic heterocycles. The molecule has 0 saturated heterocycles. The number of nitrogens with zero attached hydrogens (tertiary/aromatic N) is 2. The molecule has 0 atom stereocenters. The number of thioether (sulfide) groups is 1. The molecule has 3 nitrogen and oxygen atoms in total. The van der Waals surface area contributed by atoms with Crippen molar-refractivity contribution < 1.29 is 4.39 Å². The Labute approximate surface area is 117 Å². The van der Waals surface area contributed by atoms with E-state index in [0.717, 1.165) is 10.2 Å². The van der Waals surface area contributed by atoms with E-state index in [-0.39, 0.29) is 5.69 Å². The molecule has 1 aromatic carbocycles. The van der Waals surface area contributed by atoms with Gasteiger partial charge in [0.1, 0.15) is 10.7 Å². The number of rotatable bonds is 2. The van der Waals surface area contributed by atoms with Crippen LogP contribution >= 0.6 is 23.1 Å². The van der Waals surface area contributed by atoms with Gasteiger partial charge in [0.05, 0.1) is 15.9 Å². The zero-order chi connectivity index (χ0) is 13.4. The van der Waals surface area contributed by atoms with E-state index in [9.17, 15) is 4.39 Å². The molecule has 3 rings (SSSR count). The predicted molar refractivity (Wildman–Crippen MR) is 79.0 cm³/mol. The fourth-order valence-corrected chi connectivity index (χ4v) is 3.19. The number of hydrogen-bond acceptors (Lipinski definition) is 5. The standard InChI is InChI=1S/C13H10FN3S2/c1-18-7-2-4-9-11(6-7)19-13(17-9)10-5-3-8(15)12(14)16-10/h2-6H,15H2,1H3. The summed E-state index contributed by atoms with van der Waals surface area (Å²) < 4.78 is 14.4. The molecule has 0 saturated carbocycles. The smallest absolute Gasteiger partial charge is 0.236 e. The maximum atomic E-state index is 13.4. The summed E-state index contributed by atoms with van der Waals surface area (Å²) >= 11 is 3.18. The van der Waals surface area contributed by atoms with Crippen molar-refractivity contribution >= 4 is 39.0 Å². The number of nitrogens with two attached hydrogens (primary N) is 1. The first-order chi connectivity index (χ1) is 9.17. The number of thiazole rings is 1. The van der Waals surface area contributed by atoms with E-state index in [0.29, 0.717) is 10.7 Å². The highest BCUT2D eigenvalue weighted by atomic mass is 32.2. The predicted octanol–water partition coefficient (Wildman–Crippen LogP) is 3.80. The van der Waals surface area contributed by atoms with Crippen LogP contribution in [-0.4, -0.2) is 16.2 Å². The van der Waals surface area contributed by atoms with Gasteiger partial charge in [-0.2, -0.15) is 4.39 Å². The van der Waals surface area contributed by atoms with Crippen LogP contribution in [0.25, 0.3) is 20.9 Å². The first-order valence-electron chi connectivity index (χ1n) is 5.54. The molecule has 19 heavy (non-hydrogen) atoms. The van der Waals surface area contributed by atoms with Crippen LogP contribution < -0.4 is 5.73 Å². The highest BCUT2D eigenvalue weighted by Gasteiger charge is 2.10. The fraction of sp³-hybridized carbons (Fsp3) is 0.0769. The van der Waals surface area contributed by atoms with Gasteiger partial charge in [0.15, 0.2) is 0 Å². The molecule has 0 amide bonds. The molecular weight excluding hydrogens is 281 g/mol. The summed E-state index contributed by atoms with van der Waals surface area (Å²) in [6, 6.07) is 9.26. The van der Waals surface area contributed by atoms with E-state index >= 15 is 0 Å². The van der Waals surface area contributed by atoms with Gasteiger partial charge in [-0.15, -0.1) is 23.1 Å². The fourth-order valence-electron chi connectivity index (χ4n) is 1.71. The molecule has 0 radical (unpaired) electrons. The molecule has 2 aromatic heterocycles. The molecule has 2 heterocycles. The summed E-state index contributed by atoms with van der Waals surface area (Å²) in [5, 5.41) is 0.701. The van der Waals surface area contributed by atoms with Crippen LogP contribution in [0.1, 0.15) is 0 Å². The number of halogens is 1. The van der Waals surface area contributed by atoms with Crippen molar-refractivity contribution in [1.82, 2.24) is 9.97 Å². The molecule has 0 unspecified atom stereocenters. The summed E-state index contributed by atoms with van der Waals surface area (Å²) in [6.45, 7) is 0. The quantitative estimate of drug-likeness (QED) is 0.576. The molecule has 0 aliphatic rings. The third kappa shape index (κ3) is 2.29. The third-order valence-corrected chi connectivity index (χ3v) is 4.46. The highest BCUT2D eigenvalue weighted by molar-refractivity contribution is 7.98. The maximum absolute atomic E-state index is 13.4. The van der Waals surface area contributed by atoms with Gasteiger partial charge in [0.25, 0.3) is 0 Å². The summed E-state index contributed by atoms with van der Waals surface area (Å²) in [5.74, 6) is -0.651. The number of aromatic nitrogens is 2. The van der Waals surface area contributed by atoms with Crippen LogP contribution in [0, 0.1) is 5.95 Å². The van der Waals surface area contributed by atoms with E-state index in [1.54, 1.807) is 17.8 Å². The number of pyridine rings is 1. The second-order valence-electron chi connectivity index (χ2n) is 3.93. The van der Waals surface area contributed by atoms with Gasteiger partial charge in [0.2, 0.25) is 5.95 Å². The normalized spacial score (nSPS) is 11.1. The topological polar surface area (TPSA) is 51.8 Å². The lowest BCUT2D eigenvalue weighted by molar-refractivity contribution is 0.590. The first kappa shape index (κ1) is 12.4. The maximum Gasteiger partial charge on any atom is 0.236 e. The van der Waals surface area contributed by atoms with Gasteiger partial charge < -0.3 is 5.73 Å². The SMILES string of the molecule is CSc1ccc2nc(-c3ccc(N)c(F)n3)sc2c1. The number of hydrogen-bond donors (Lipinski definition) is 1. The summed E-state index contributed by atoms with van der Waals surface area (Å²) in [7, 11) is 0. The molecule has 3 aromatic rings. The minimum atomic E-state index is -0.651. The van der Waals surface area contributed by atoms with Crippen molar-refractivity contribution in [2.45, 2.75) is 4.90 Å². The second kappa shape index (κ2) is 4.79. The Morgan fingerprint density at radius 2 is 2.05 bits per heavy atom. The van der Waals surface area contributed by atoms with Crippen molar-refractivity contribution in [1.29, 1.82) is 0 Å². The van der Waals surface area contributed by atoms with E-state index < -0.39 is 5.95 Å². The number of nitrogen functional groups attached to an aromatic ring is 1. The molecule has 6 heteroatoms.